The van der Waals surface area contributed by atoms with Crippen LogP contribution in [0.2, 0.25) is 0 Å². The van der Waals surface area contributed by atoms with Crippen LogP contribution in [0.25, 0.3) is 0 Å². The fourth-order valence-corrected chi connectivity index (χ4v) is 1.64. The van der Waals surface area contributed by atoms with Crippen LogP contribution in [0.5, 0.6) is 5.75 Å². The molecule has 0 spiro atoms. The maximum absolute atomic E-state index is 11.1. The minimum Gasteiger partial charge on any atom is -0.492 e. The first-order chi connectivity index (χ1) is 8.06. The average molecular weight is 236 g/mol. The monoisotopic (exact) mass is 236 g/mol. The fraction of sp³-hybridized carbons (Fsp3) is 0.500. The van der Waals surface area contributed by atoms with E-state index in [-0.39, 0.29) is 5.56 Å². The number of carboxylic acid groups (broad SMARTS) is 1. The molecule has 1 N–H and O–H groups in total. The van der Waals surface area contributed by atoms with E-state index in [2.05, 4.69) is 6.92 Å². The predicted molar refractivity (Wildman–Crippen MR) is 67.7 cm³/mol. The topological polar surface area (TPSA) is 46.5 Å². The van der Waals surface area contributed by atoms with Crippen molar-refractivity contribution in [2.24, 2.45) is 5.92 Å². The van der Waals surface area contributed by atoms with E-state index in [1.807, 2.05) is 19.9 Å². The molecule has 0 unspecified atom stereocenters. The number of hydrogen-bond acceptors (Lipinski definition) is 2. The summed E-state index contributed by atoms with van der Waals surface area (Å²) in [5, 5.41) is 9.14. The molecule has 0 saturated carbocycles. The average Bonchev–Trinajstić information content (AvgIpc) is 2.27. The second-order valence-corrected chi connectivity index (χ2v) is 4.55. The van der Waals surface area contributed by atoms with Crippen molar-refractivity contribution < 1.29 is 14.6 Å². The highest BCUT2D eigenvalue weighted by atomic mass is 16.5. The summed E-state index contributed by atoms with van der Waals surface area (Å²) >= 11 is 0. The number of carbonyl (C=O) groups is 1. The number of aromatic carboxylic acids is 1. The van der Waals surface area contributed by atoms with Crippen LogP contribution in [0.4, 0.5) is 0 Å². The Balaban J connectivity index is 3.04. The smallest absolute Gasteiger partial charge is 0.339 e. The zero-order valence-corrected chi connectivity index (χ0v) is 10.7. The second kappa shape index (κ2) is 6.28. The summed E-state index contributed by atoms with van der Waals surface area (Å²) in [5.74, 6) is -0.0106. The molecule has 0 atom stereocenters. The molecule has 0 heterocycles. The van der Waals surface area contributed by atoms with Crippen molar-refractivity contribution in [1.82, 2.24) is 0 Å². The van der Waals surface area contributed by atoms with Crippen LogP contribution in [0.15, 0.2) is 18.2 Å². The minimum atomic E-state index is -0.929. The molecule has 0 fully saturated rings. The van der Waals surface area contributed by atoms with E-state index in [9.17, 15) is 4.79 Å². The van der Waals surface area contributed by atoms with Gasteiger partial charge in [0.05, 0.1) is 6.61 Å². The molecule has 1 aromatic carbocycles. The molecule has 0 radical (unpaired) electrons. The number of para-hydroxylation sites is 1. The van der Waals surface area contributed by atoms with Gasteiger partial charge in [-0.15, -0.1) is 0 Å². The van der Waals surface area contributed by atoms with Gasteiger partial charge in [-0.3, -0.25) is 0 Å². The summed E-state index contributed by atoms with van der Waals surface area (Å²) < 4.78 is 5.66. The summed E-state index contributed by atoms with van der Waals surface area (Å²) in [7, 11) is 0. The van der Waals surface area contributed by atoms with Crippen LogP contribution >= 0.6 is 0 Å². The third kappa shape index (κ3) is 3.77. The molecule has 0 aliphatic rings. The largest absolute Gasteiger partial charge is 0.492 e. The number of ether oxygens (including phenoxy) is 1. The lowest BCUT2D eigenvalue weighted by molar-refractivity contribution is 0.0691. The zero-order chi connectivity index (χ0) is 12.8. The zero-order valence-electron chi connectivity index (χ0n) is 10.7. The molecule has 94 valence electrons. The van der Waals surface area contributed by atoms with Crippen LogP contribution < -0.4 is 4.74 Å². The van der Waals surface area contributed by atoms with E-state index >= 15 is 0 Å². The Bertz CT molecular complexity index is 383. The van der Waals surface area contributed by atoms with Gasteiger partial charge in [-0.05, 0) is 24.0 Å². The molecule has 0 bridgehead atoms. The Hall–Kier alpha value is -1.51. The van der Waals surface area contributed by atoms with E-state index in [1.54, 1.807) is 12.1 Å². The Kier molecular flexibility index (Phi) is 5.01. The van der Waals surface area contributed by atoms with E-state index < -0.39 is 5.97 Å². The standard InChI is InChI=1S/C14H20O3/c1-4-6-11-7-5-8-12(14(15)16)13(11)17-9-10(2)3/h5,7-8,10H,4,6,9H2,1-3H3,(H,15,16). The molecular formula is C14H20O3. The van der Waals surface area contributed by atoms with Gasteiger partial charge >= 0.3 is 5.97 Å². The predicted octanol–water partition coefficient (Wildman–Crippen LogP) is 3.37. The van der Waals surface area contributed by atoms with E-state index in [4.69, 9.17) is 9.84 Å². The van der Waals surface area contributed by atoms with Gasteiger partial charge in [0.25, 0.3) is 0 Å². The first-order valence-electron chi connectivity index (χ1n) is 6.04. The molecule has 0 aliphatic heterocycles. The van der Waals surface area contributed by atoms with Crippen LogP contribution in [0, 0.1) is 5.92 Å². The number of hydrogen-bond donors (Lipinski definition) is 1. The van der Waals surface area contributed by atoms with Gasteiger partial charge in [0.1, 0.15) is 11.3 Å². The summed E-state index contributed by atoms with van der Waals surface area (Å²) in [6.07, 6.45) is 1.82. The Labute approximate surface area is 102 Å². The van der Waals surface area contributed by atoms with Crippen LogP contribution in [0.1, 0.15) is 43.1 Å². The molecule has 3 heteroatoms. The molecule has 0 saturated heterocycles. The molecule has 0 amide bonds. The van der Waals surface area contributed by atoms with Crippen LogP contribution in [-0.4, -0.2) is 17.7 Å². The molecule has 1 aromatic rings. The lowest BCUT2D eigenvalue weighted by Gasteiger charge is -2.15. The van der Waals surface area contributed by atoms with Gasteiger partial charge in [-0.1, -0.05) is 39.3 Å². The van der Waals surface area contributed by atoms with Crippen LogP contribution in [0.3, 0.4) is 0 Å². The molecule has 0 aliphatic carbocycles. The normalized spacial score (nSPS) is 10.6. The lowest BCUT2D eigenvalue weighted by atomic mass is 10.0. The molecule has 17 heavy (non-hydrogen) atoms. The summed E-state index contributed by atoms with van der Waals surface area (Å²) in [6, 6.07) is 5.30. The van der Waals surface area contributed by atoms with Crippen molar-refractivity contribution in [2.45, 2.75) is 33.6 Å². The van der Waals surface area contributed by atoms with E-state index in [1.165, 1.54) is 0 Å². The lowest BCUT2D eigenvalue weighted by Crippen LogP contribution is -2.10. The minimum absolute atomic E-state index is 0.261. The van der Waals surface area contributed by atoms with Crippen LogP contribution in [-0.2, 0) is 6.42 Å². The van der Waals surface area contributed by atoms with Gasteiger partial charge < -0.3 is 9.84 Å². The third-order valence-corrected chi connectivity index (χ3v) is 2.41. The quantitative estimate of drug-likeness (QED) is 0.823. The molecule has 1 rings (SSSR count). The van der Waals surface area contributed by atoms with Crippen molar-refractivity contribution in [3.8, 4) is 5.75 Å². The SMILES string of the molecule is CCCc1cccc(C(=O)O)c1OCC(C)C. The van der Waals surface area contributed by atoms with Crippen molar-refractivity contribution in [3.63, 3.8) is 0 Å². The molecule has 3 nitrogen and oxygen atoms in total. The van der Waals surface area contributed by atoms with Gasteiger partial charge in [0.2, 0.25) is 0 Å². The van der Waals surface area contributed by atoms with Crippen molar-refractivity contribution in [1.29, 1.82) is 0 Å². The second-order valence-electron chi connectivity index (χ2n) is 4.55. The Morgan fingerprint density at radius 1 is 1.41 bits per heavy atom. The van der Waals surface area contributed by atoms with Gasteiger partial charge in [-0.25, -0.2) is 4.79 Å². The summed E-state index contributed by atoms with van der Waals surface area (Å²) in [5.41, 5.74) is 1.24. The van der Waals surface area contributed by atoms with Gasteiger partial charge in [-0.2, -0.15) is 0 Å². The van der Waals surface area contributed by atoms with E-state index in [0.717, 1.165) is 18.4 Å². The highest BCUT2D eigenvalue weighted by molar-refractivity contribution is 5.91. The van der Waals surface area contributed by atoms with Gasteiger partial charge in [0.15, 0.2) is 0 Å². The van der Waals surface area contributed by atoms with E-state index in [0.29, 0.717) is 18.3 Å². The summed E-state index contributed by atoms with van der Waals surface area (Å²) in [6.45, 7) is 6.70. The number of carboxylic acids is 1. The first kappa shape index (κ1) is 13.6. The van der Waals surface area contributed by atoms with Crippen molar-refractivity contribution in [3.05, 3.63) is 29.3 Å². The maximum Gasteiger partial charge on any atom is 0.339 e. The highest BCUT2D eigenvalue weighted by Crippen LogP contribution is 2.26. The third-order valence-electron chi connectivity index (χ3n) is 2.41. The fourth-order valence-electron chi connectivity index (χ4n) is 1.64. The van der Waals surface area contributed by atoms with Crippen molar-refractivity contribution >= 4 is 5.97 Å². The molecular weight excluding hydrogens is 216 g/mol. The first-order valence-corrected chi connectivity index (χ1v) is 6.04. The van der Waals surface area contributed by atoms with Gasteiger partial charge in [0, 0.05) is 0 Å². The Morgan fingerprint density at radius 3 is 2.65 bits per heavy atom. The molecule has 0 aromatic heterocycles. The number of rotatable bonds is 6. The van der Waals surface area contributed by atoms with Crippen molar-refractivity contribution in [2.75, 3.05) is 6.61 Å². The summed E-state index contributed by atoms with van der Waals surface area (Å²) in [4.78, 5) is 11.1. The maximum atomic E-state index is 11.1. The number of aryl methyl sites for hydroxylation is 1. The Morgan fingerprint density at radius 2 is 2.12 bits per heavy atom. The highest BCUT2D eigenvalue weighted by Gasteiger charge is 2.15. The number of benzene rings is 1.